The van der Waals surface area contributed by atoms with E-state index in [-0.39, 0.29) is 12.5 Å². The molecule has 1 amide bonds. The maximum Gasteiger partial charge on any atom is 0.276 e. The Balaban J connectivity index is 1.50. The van der Waals surface area contributed by atoms with Crippen LogP contribution in [0.3, 0.4) is 0 Å². The van der Waals surface area contributed by atoms with Gasteiger partial charge in [-0.3, -0.25) is 15.2 Å². The van der Waals surface area contributed by atoms with Crippen LogP contribution in [0.4, 0.5) is 5.69 Å². The van der Waals surface area contributed by atoms with Crippen molar-refractivity contribution < 1.29 is 9.53 Å². The lowest BCUT2D eigenvalue weighted by Gasteiger charge is -2.24. The molecule has 6 heteroatoms. The van der Waals surface area contributed by atoms with Gasteiger partial charge in [-0.05, 0) is 43.7 Å². The summed E-state index contributed by atoms with van der Waals surface area (Å²) >= 11 is 3.96. The normalized spacial score (nSPS) is 14.2. The van der Waals surface area contributed by atoms with Gasteiger partial charge in [0.25, 0.3) is 5.91 Å². The number of aryl methyl sites for hydroxylation is 1. The van der Waals surface area contributed by atoms with Crippen LogP contribution in [0.15, 0.2) is 48.5 Å². The second kappa shape index (κ2) is 9.24. The van der Waals surface area contributed by atoms with Crippen molar-refractivity contribution in [1.29, 1.82) is 0 Å². The summed E-state index contributed by atoms with van der Waals surface area (Å²) in [5.41, 5.74) is 6.35. The van der Waals surface area contributed by atoms with Crippen molar-refractivity contribution in [3.63, 3.8) is 0 Å². The van der Waals surface area contributed by atoms with Gasteiger partial charge in [0, 0.05) is 18.1 Å². The van der Waals surface area contributed by atoms with Gasteiger partial charge in [-0.15, -0.1) is 23.5 Å². The van der Waals surface area contributed by atoms with Crippen molar-refractivity contribution >= 4 is 35.1 Å². The zero-order valence-corrected chi connectivity index (χ0v) is 16.7. The van der Waals surface area contributed by atoms with E-state index in [2.05, 4.69) is 17.6 Å². The number of nitrogens with one attached hydrogen (secondary N) is 1. The third-order valence-corrected chi connectivity index (χ3v) is 7.17. The number of ether oxygens (including phenoxy) is 1. The largest absolute Gasteiger partial charge is 0.484 e. The molecule has 0 atom stereocenters. The fraction of sp³-hybridized carbons (Fsp3) is 0.350. The molecule has 0 bridgehead atoms. The lowest BCUT2D eigenvalue weighted by Crippen LogP contribution is -2.44. The molecule has 0 saturated carbocycles. The summed E-state index contributed by atoms with van der Waals surface area (Å²) in [6.45, 7) is 4.72. The molecule has 26 heavy (non-hydrogen) atoms. The molecule has 2 aromatic rings. The van der Waals surface area contributed by atoms with E-state index in [9.17, 15) is 4.79 Å². The van der Waals surface area contributed by atoms with Crippen LogP contribution in [0.5, 0.6) is 5.75 Å². The number of hydrogen-bond acceptors (Lipinski definition) is 5. The van der Waals surface area contributed by atoms with Crippen molar-refractivity contribution in [2.24, 2.45) is 0 Å². The average molecular weight is 389 g/mol. The Morgan fingerprint density at radius 1 is 1.12 bits per heavy atom. The summed E-state index contributed by atoms with van der Waals surface area (Å²) in [6, 6.07) is 16.1. The van der Waals surface area contributed by atoms with E-state index in [1.54, 1.807) is 0 Å². The van der Waals surface area contributed by atoms with Crippen molar-refractivity contribution in [2.75, 3.05) is 29.7 Å². The molecule has 1 aliphatic rings. The highest BCUT2D eigenvalue weighted by Gasteiger charge is 2.18. The average Bonchev–Trinajstić information content (AvgIpc) is 3.20. The van der Waals surface area contributed by atoms with E-state index in [0.717, 1.165) is 11.4 Å². The van der Waals surface area contributed by atoms with Crippen LogP contribution < -0.4 is 15.2 Å². The smallest absolute Gasteiger partial charge is 0.276 e. The Bertz CT molecular complexity index is 714. The number of anilines is 1. The molecular weight excluding hydrogens is 364 g/mol. The maximum atomic E-state index is 12.2. The zero-order chi connectivity index (χ0) is 18.4. The number of hydrazine groups is 1. The quantitative estimate of drug-likeness (QED) is 0.712. The van der Waals surface area contributed by atoms with Crippen LogP contribution >= 0.6 is 23.5 Å². The van der Waals surface area contributed by atoms with Gasteiger partial charge in [-0.1, -0.05) is 29.8 Å². The minimum Gasteiger partial charge on any atom is -0.484 e. The van der Waals surface area contributed by atoms with Crippen LogP contribution in [-0.4, -0.2) is 30.6 Å². The molecule has 1 saturated heterocycles. The molecule has 2 aromatic carbocycles. The van der Waals surface area contributed by atoms with Crippen molar-refractivity contribution in [3.05, 3.63) is 59.7 Å². The lowest BCUT2D eigenvalue weighted by atomic mass is 10.2. The van der Waals surface area contributed by atoms with Crippen molar-refractivity contribution in [3.8, 4) is 5.75 Å². The van der Waals surface area contributed by atoms with E-state index < -0.39 is 0 Å². The highest BCUT2D eigenvalue weighted by molar-refractivity contribution is 8.19. The van der Waals surface area contributed by atoms with Crippen LogP contribution in [0, 0.1) is 6.92 Å². The second-order valence-electron chi connectivity index (χ2n) is 6.05. The Morgan fingerprint density at radius 2 is 1.77 bits per heavy atom. The highest BCUT2D eigenvalue weighted by atomic mass is 32.2. The number of carbonyl (C=O) groups is 1. The molecule has 1 heterocycles. The standard InChI is InChI=1S/C20H24N2O2S2/c1-3-22(17-8-4-15(2)5-9-17)21-19(23)14-24-18-10-6-16(7-11-18)20-25-12-13-26-20/h4-11,20H,3,12-14H2,1-2H3,(H,21,23). The fourth-order valence-corrected chi connectivity index (χ4v) is 5.51. The number of rotatable bonds is 7. The van der Waals surface area contributed by atoms with Crippen molar-refractivity contribution in [2.45, 2.75) is 18.4 Å². The first kappa shape index (κ1) is 19.0. The number of nitrogens with zero attached hydrogens (tertiary/aromatic N) is 1. The SMILES string of the molecule is CCN(NC(=O)COc1ccc(C2SCCS2)cc1)c1ccc(C)cc1. The molecule has 1 aliphatic heterocycles. The van der Waals surface area contributed by atoms with E-state index >= 15 is 0 Å². The van der Waals surface area contributed by atoms with Gasteiger partial charge in [-0.2, -0.15) is 0 Å². The third-order valence-electron chi connectivity index (χ3n) is 4.07. The predicted octanol–water partition coefficient (Wildman–Crippen LogP) is 4.41. The molecule has 3 rings (SSSR count). The minimum absolute atomic E-state index is 0.00532. The number of hydrogen-bond donors (Lipinski definition) is 1. The maximum absolute atomic E-state index is 12.2. The molecule has 0 spiro atoms. The van der Waals surface area contributed by atoms with Crippen LogP contribution in [-0.2, 0) is 4.79 Å². The molecule has 4 nitrogen and oxygen atoms in total. The first-order valence-corrected chi connectivity index (χ1v) is 10.8. The van der Waals surface area contributed by atoms with Crippen LogP contribution in [0.25, 0.3) is 0 Å². The highest BCUT2D eigenvalue weighted by Crippen LogP contribution is 2.45. The van der Waals surface area contributed by atoms with Gasteiger partial charge in [-0.25, -0.2) is 0 Å². The van der Waals surface area contributed by atoms with E-state index in [0.29, 0.717) is 11.1 Å². The lowest BCUT2D eigenvalue weighted by molar-refractivity contribution is -0.123. The molecular formula is C20H24N2O2S2. The van der Waals surface area contributed by atoms with Gasteiger partial charge in [0.1, 0.15) is 5.75 Å². The van der Waals surface area contributed by atoms with Gasteiger partial charge in [0.05, 0.1) is 10.3 Å². The van der Waals surface area contributed by atoms with E-state index in [1.807, 2.05) is 78.8 Å². The molecule has 1 N–H and O–H groups in total. The monoisotopic (exact) mass is 388 g/mol. The molecule has 0 aromatic heterocycles. The summed E-state index contributed by atoms with van der Waals surface area (Å²) in [6.07, 6.45) is 0. The number of carbonyl (C=O) groups excluding carboxylic acids is 1. The molecule has 0 unspecified atom stereocenters. The Kier molecular flexibility index (Phi) is 6.74. The molecule has 138 valence electrons. The second-order valence-corrected chi connectivity index (χ2v) is 8.77. The topological polar surface area (TPSA) is 41.6 Å². The van der Waals surface area contributed by atoms with Gasteiger partial charge >= 0.3 is 0 Å². The Labute approximate surface area is 163 Å². The molecule has 0 radical (unpaired) electrons. The minimum atomic E-state index is -0.168. The summed E-state index contributed by atoms with van der Waals surface area (Å²) in [5.74, 6) is 2.97. The van der Waals surface area contributed by atoms with Crippen LogP contribution in [0.1, 0.15) is 22.6 Å². The van der Waals surface area contributed by atoms with Crippen LogP contribution in [0.2, 0.25) is 0 Å². The predicted molar refractivity (Wildman–Crippen MR) is 112 cm³/mol. The van der Waals surface area contributed by atoms with Crippen molar-refractivity contribution in [1.82, 2.24) is 5.43 Å². The first-order valence-electron chi connectivity index (χ1n) is 8.75. The summed E-state index contributed by atoms with van der Waals surface area (Å²) in [5, 5.41) is 1.82. The number of thioether (sulfide) groups is 2. The summed E-state index contributed by atoms with van der Waals surface area (Å²) in [4.78, 5) is 12.2. The molecule has 0 aliphatic carbocycles. The first-order chi connectivity index (χ1) is 12.7. The third kappa shape index (κ3) is 5.11. The van der Waals surface area contributed by atoms with E-state index in [4.69, 9.17) is 4.74 Å². The summed E-state index contributed by atoms with van der Waals surface area (Å²) < 4.78 is 6.16. The van der Waals surface area contributed by atoms with Gasteiger partial charge in [0.15, 0.2) is 6.61 Å². The Hall–Kier alpha value is -1.79. The van der Waals surface area contributed by atoms with E-state index in [1.165, 1.54) is 22.6 Å². The number of amides is 1. The molecule has 1 fully saturated rings. The van der Waals surface area contributed by atoms with Gasteiger partial charge < -0.3 is 4.74 Å². The fourth-order valence-electron chi connectivity index (χ4n) is 2.65. The zero-order valence-electron chi connectivity index (χ0n) is 15.1. The summed E-state index contributed by atoms with van der Waals surface area (Å²) in [7, 11) is 0. The Morgan fingerprint density at radius 3 is 2.38 bits per heavy atom. The van der Waals surface area contributed by atoms with Gasteiger partial charge in [0.2, 0.25) is 0 Å². The number of benzene rings is 2.